The summed E-state index contributed by atoms with van der Waals surface area (Å²) in [5.74, 6) is -0.559. The first-order valence-electron chi connectivity index (χ1n) is 5.99. The first kappa shape index (κ1) is 14.0. The minimum absolute atomic E-state index is 0.427. The average molecular weight is 250 g/mol. The molecule has 0 heterocycles. The number of nitrogens with one attached hydrogen (secondary N) is 2. The zero-order chi connectivity index (χ0) is 13.4. The molecule has 0 radical (unpaired) electrons. The lowest BCUT2D eigenvalue weighted by Gasteiger charge is -2.07. The van der Waals surface area contributed by atoms with E-state index in [4.69, 9.17) is 4.74 Å². The van der Waals surface area contributed by atoms with Crippen molar-refractivity contribution in [2.24, 2.45) is 0 Å². The maximum Gasteiger partial charge on any atom is 0.313 e. The van der Waals surface area contributed by atoms with Gasteiger partial charge in [0.1, 0.15) is 5.75 Å². The molecule has 1 rings (SSSR count). The second-order valence-corrected chi connectivity index (χ2v) is 3.69. The highest BCUT2D eigenvalue weighted by molar-refractivity contribution is 6.39. The van der Waals surface area contributed by atoms with Gasteiger partial charge < -0.3 is 15.4 Å². The molecule has 0 aliphatic carbocycles. The fraction of sp³-hybridized carbons (Fsp3) is 0.385. The fourth-order valence-corrected chi connectivity index (χ4v) is 1.28. The van der Waals surface area contributed by atoms with Gasteiger partial charge in [0, 0.05) is 12.2 Å². The Kier molecular flexibility index (Phi) is 5.70. The molecule has 0 aliphatic rings. The summed E-state index contributed by atoms with van der Waals surface area (Å²) in [6.07, 6.45) is 0.940. The van der Waals surface area contributed by atoms with E-state index in [1.165, 1.54) is 0 Å². The van der Waals surface area contributed by atoms with Gasteiger partial charge >= 0.3 is 11.8 Å². The van der Waals surface area contributed by atoms with Crippen molar-refractivity contribution in [3.05, 3.63) is 24.3 Å². The maximum absolute atomic E-state index is 11.4. The van der Waals surface area contributed by atoms with Crippen molar-refractivity contribution in [3.8, 4) is 5.75 Å². The lowest BCUT2D eigenvalue weighted by atomic mass is 10.3. The number of carbonyl (C=O) groups is 2. The van der Waals surface area contributed by atoms with E-state index in [0.29, 0.717) is 18.8 Å². The molecule has 1 aromatic rings. The number of amides is 2. The molecule has 0 aromatic heterocycles. The van der Waals surface area contributed by atoms with E-state index in [2.05, 4.69) is 10.6 Å². The van der Waals surface area contributed by atoms with Crippen molar-refractivity contribution < 1.29 is 14.3 Å². The Morgan fingerprint density at radius 2 is 1.78 bits per heavy atom. The molecule has 18 heavy (non-hydrogen) atoms. The molecule has 2 N–H and O–H groups in total. The number of carbonyl (C=O) groups excluding carboxylic acids is 2. The van der Waals surface area contributed by atoms with Gasteiger partial charge in [-0.25, -0.2) is 0 Å². The van der Waals surface area contributed by atoms with Crippen molar-refractivity contribution >= 4 is 17.5 Å². The van der Waals surface area contributed by atoms with Crippen molar-refractivity contribution in [1.82, 2.24) is 5.32 Å². The van der Waals surface area contributed by atoms with Crippen LogP contribution in [0.25, 0.3) is 0 Å². The van der Waals surface area contributed by atoms with Gasteiger partial charge in [-0.2, -0.15) is 0 Å². The van der Waals surface area contributed by atoms with Crippen LogP contribution in [0, 0.1) is 0 Å². The number of hydrogen-bond donors (Lipinski definition) is 2. The van der Waals surface area contributed by atoms with E-state index in [1.54, 1.807) is 31.2 Å². The van der Waals surface area contributed by atoms with Crippen molar-refractivity contribution in [2.75, 3.05) is 18.5 Å². The molecule has 0 fully saturated rings. The number of ether oxygens (including phenoxy) is 1. The summed E-state index contributed by atoms with van der Waals surface area (Å²) in [6.45, 7) is 4.87. The summed E-state index contributed by atoms with van der Waals surface area (Å²) >= 11 is 0. The largest absolute Gasteiger partial charge is 0.494 e. The smallest absolute Gasteiger partial charge is 0.313 e. The van der Waals surface area contributed by atoms with Gasteiger partial charge in [0.05, 0.1) is 6.61 Å². The van der Waals surface area contributed by atoms with Gasteiger partial charge in [0.2, 0.25) is 0 Å². The SMILES string of the molecule is CCCOc1ccc(NC(=O)C(=O)NCC)cc1. The summed E-state index contributed by atoms with van der Waals surface area (Å²) in [5.41, 5.74) is 0.565. The van der Waals surface area contributed by atoms with Gasteiger partial charge in [0.25, 0.3) is 0 Å². The number of benzene rings is 1. The van der Waals surface area contributed by atoms with Crippen LogP contribution in [0.15, 0.2) is 24.3 Å². The van der Waals surface area contributed by atoms with Crippen LogP contribution in [0.5, 0.6) is 5.75 Å². The highest BCUT2D eigenvalue weighted by atomic mass is 16.5. The van der Waals surface area contributed by atoms with Crippen molar-refractivity contribution in [2.45, 2.75) is 20.3 Å². The predicted molar refractivity (Wildman–Crippen MR) is 69.5 cm³/mol. The molecule has 1 aromatic carbocycles. The molecule has 5 nitrogen and oxygen atoms in total. The molecule has 0 saturated heterocycles. The molecule has 0 saturated carbocycles. The Hall–Kier alpha value is -2.04. The van der Waals surface area contributed by atoms with E-state index < -0.39 is 11.8 Å². The monoisotopic (exact) mass is 250 g/mol. The van der Waals surface area contributed by atoms with Crippen LogP contribution in [-0.4, -0.2) is 25.0 Å². The summed E-state index contributed by atoms with van der Waals surface area (Å²) in [7, 11) is 0. The Labute approximate surface area is 107 Å². The van der Waals surface area contributed by atoms with Crippen LogP contribution < -0.4 is 15.4 Å². The number of hydrogen-bond acceptors (Lipinski definition) is 3. The molecule has 2 amide bonds. The van der Waals surface area contributed by atoms with Gasteiger partial charge in [-0.15, -0.1) is 0 Å². The van der Waals surface area contributed by atoms with Crippen LogP contribution in [-0.2, 0) is 9.59 Å². The molecule has 98 valence electrons. The number of anilines is 1. The highest BCUT2D eigenvalue weighted by Crippen LogP contribution is 2.15. The Morgan fingerprint density at radius 1 is 1.11 bits per heavy atom. The molecule has 0 aliphatic heterocycles. The Balaban J connectivity index is 2.52. The van der Waals surface area contributed by atoms with E-state index in [1.807, 2.05) is 6.92 Å². The van der Waals surface area contributed by atoms with Crippen LogP contribution >= 0.6 is 0 Å². The molecule has 5 heteroatoms. The second kappa shape index (κ2) is 7.32. The van der Waals surface area contributed by atoms with Gasteiger partial charge in [-0.3, -0.25) is 9.59 Å². The lowest BCUT2D eigenvalue weighted by Crippen LogP contribution is -2.35. The third kappa shape index (κ3) is 4.45. The fourth-order valence-electron chi connectivity index (χ4n) is 1.28. The lowest BCUT2D eigenvalue weighted by molar-refractivity contribution is -0.136. The average Bonchev–Trinajstić information content (AvgIpc) is 2.38. The zero-order valence-corrected chi connectivity index (χ0v) is 10.7. The van der Waals surface area contributed by atoms with E-state index in [0.717, 1.165) is 12.2 Å². The topological polar surface area (TPSA) is 67.4 Å². The van der Waals surface area contributed by atoms with Crippen LogP contribution in [0.1, 0.15) is 20.3 Å². The highest BCUT2D eigenvalue weighted by Gasteiger charge is 2.11. The van der Waals surface area contributed by atoms with Crippen molar-refractivity contribution in [1.29, 1.82) is 0 Å². The van der Waals surface area contributed by atoms with E-state index in [9.17, 15) is 9.59 Å². The van der Waals surface area contributed by atoms with E-state index >= 15 is 0 Å². The van der Waals surface area contributed by atoms with Gasteiger partial charge in [-0.05, 0) is 37.6 Å². The summed E-state index contributed by atoms with van der Waals surface area (Å²) in [5, 5.41) is 4.93. The molecule has 0 atom stereocenters. The van der Waals surface area contributed by atoms with Gasteiger partial charge in [0.15, 0.2) is 0 Å². The predicted octanol–water partition coefficient (Wildman–Crippen LogP) is 1.55. The van der Waals surface area contributed by atoms with Crippen LogP contribution in [0.3, 0.4) is 0 Å². The normalized spacial score (nSPS) is 9.67. The first-order valence-corrected chi connectivity index (χ1v) is 5.99. The van der Waals surface area contributed by atoms with Crippen LogP contribution in [0.2, 0.25) is 0 Å². The summed E-state index contributed by atoms with van der Waals surface area (Å²) in [6, 6.07) is 6.90. The third-order valence-corrected chi connectivity index (χ3v) is 2.13. The molecule has 0 unspecified atom stereocenters. The first-order chi connectivity index (χ1) is 8.67. The third-order valence-electron chi connectivity index (χ3n) is 2.13. The van der Waals surface area contributed by atoms with Crippen molar-refractivity contribution in [3.63, 3.8) is 0 Å². The minimum Gasteiger partial charge on any atom is -0.494 e. The van der Waals surface area contributed by atoms with Crippen LogP contribution in [0.4, 0.5) is 5.69 Å². The Morgan fingerprint density at radius 3 is 2.33 bits per heavy atom. The number of likely N-dealkylation sites (N-methyl/N-ethyl adjacent to an activating group) is 1. The summed E-state index contributed by atoms with van der Waals surface area (Å²) < 4.78 is 5.41. The molecule has 0 spiro atoms. The van der Waals surface area contributed by atoms with Gasteiger partial charge in [-0.1, -0.05) is 6.92 Å². The molecular weight excluding hydrogens is 232 g/mol. The number of rotatable bonds is 5. The minimum atomic E-state index is -0.668. The molecular formula is C13H18N2O3. The standard InChI is InChI=1S/C13H18N2O3/c1-3-9-18-11-7-5-10(6-8-11)15-13(17)12(16)14-4-2/h5-8H,3-4,9H2,1-2H3,(H,14,16)(H,15,17). The molecule has 0 bridgehead atoms. The summed E-state index contributed by atoms with van der Waals surface area (Å²) in [4.78, 5) is 22.6. The maximum atomic E-state index is 11.4. The quantitative estimate of drug-likeness (QED) is 0.779. The Bertz CT molecular complexity index is 401. The zero-order valence-electron chi connectivity index (χ0n) is 10.7. The van der Waals surface area contributed by atoms with E-state index in [-0.39, 0.29) is 0 Å². The second-order valence-electron chi connectivity index (χ2n) is 3.69.